The van der Waals surface area contributed by atoms with Gasteiger partial charge in [-0.25, -0.2) is 4.79 Å². The number of esters is 1. The third kappa shape index (κ3) is 4.98. The molecular formula is C19H26BrNO4. The summed E-state index contributed by atoms with van der Waals surface area (Å²) in [6.45, 7) is 5.66. The smallest absolute Gasteiger partial charge is 0.340 e. The molecule has 5 nitrogen and oxygen atoms in total. The number of benzene rings is 1. The molecule has 1 saturated heterocycles. The van der Waals surface area contributed by atoms with Gasteiger partial charge in [0, 0.05) is 35.0 Å². The summed E-state index contributed by atoms with van der Waals surface area (Å²) in [6, 6.07) is 5.78. The number of carbonyl (C=O) groups is 1. The van der Waals surface area contributed by atoms with E-state index in [1.807, 2.05) is 25.1 Å². The Hall–Kier alpha value is -1.53. The van der Waals surface area contributed by atoms with Crippen molar-refractivity contribution in [2.45, 2.75) is 32.7 Å². The van der Waals surface area contributed by atoms with Crippen LogP contribution in [0.2, 0.25) is 0 Å². The molecule has 1 unspecified atom stereocenters. The van der Waals surface area contributed by atoms with Crippen molar-refractivity contribution in [2.24, 2.45) is 5.92 Å². The van der Waals surface area contributed by atoms with Gasteiger partial charge in [0.25, 0.3) is 0 Å². The van der Waals surface area contributed by atoms with Crippen molar-refractivity contribution in [3.63, 3.8) is 0 Å². The minimum absolute atomic E-state index is 0.251. The van der Waals surface area contributed by atoms with Gasteiger partial charge in [0.1, 0.15) is 5.75 Å². The van der Waals surface area contributed by atoms with Crippen LogP contribution in [0, 0.1) is 5.92 Å². The second-order valence-electron chi connectivity index (χ2n) is 6.22. The summed E-state index contributed by atoms with van der Waals surface area (Å²) in [4.78, 5) is 12.4. The van der Waals surface area contributed by atoms with Crippen molar-refractivity contribution < 1.29 is 19.0 Å². The Morgan fingerprint density at radius 1 is 1.32 bits per heavy atom. The summed E-state index contributed by atoms with van der Waals surface area (Å²) < 4.78 is 16.5. The molecule has 1 N–H and O–H groups in total. The predicted octanol–water partition coefficient (Wildman–Crippen LogP) is 3.77. The Kier molecular flexibility index (Phi) is 7.32. The Labute approximate surface area is 157 Å². The molecule has 0 bridgehead atoms. The van der Waals surface area contributed by atoms with E-state index in [0.29, 0.717) is 11.5 Å². The average Bonchev–Trinajstić information content (AvgIpc) is 2.63. The summed E-state index contributed by atoms with van der Waals surface area (Å²) in [6.07, 6.45) is 2.06. The molecule has 0 aliphatic carbocycles. The lowest BCUT2D eigenvalue weighted by molar-refractivity contribution is -0.133. The first kappa shape index (κ1) is 19.8. The first-order valence-corrected chi connectivity index (χ1v) is 9.24. The summed E-state index contributed by atoms with van der Waals surface area (Å²) in [5, 5.41) is 3.49. The Morgan fingerprint density at radius 2 is 2.00 bits per heavy atom. The van der Waals surface area contributed by atoms with Gasteiger partial charge in [-0.1, -0.05) is 15.9 Å². The number of ether oxygens (including phenoxy) is 3. The highest BCUT2D eigenvalue weighted by Crippen LogP contribution is 2.31. The highest BCUT2D eigenvalue weighted by atomic mass is 79.9. The third-order valence-electron chi connectivity index (χ3n) is 4.63. The SMILES string of the molecule is COC(=O)/C(=C(/C)NC(C)C1CCOCC1)c1ccc(OC)cc1Br. The van der Waals surface area contributed by atoms with Gasteiger partial charge in [-0.2, -0.15) is 0 Å². The topological polar surface area (TPSA) is 56.8 Å². The maximum Gasteiger partial charge on any atom is 0.340 e. The van der Waals surface area contributed by atoms with E-state index in [2.05, 4.69) is 28.2 Å². The second-order valence-corrected chi connectivity index (χ2v) is 7.07. The number of methoxy groups -OCH3 is 2. The lowest BCUT2D eigenvalue weighted by Crippen LogP contribution is -2.36. The van der Waals surface area contributed by atoms with Gasteiger partial charge in [-0.05, 0) is 50.8 Å². The van der Waals surface area contributed by atoms with Crippen LogP contribution in [0.4, 0.5) is 0 Å². The summed E-state index contributed by atoms with van der Waals surface area (Å²) >= 11 is 3.53. The maximum atomic E-state index is 12.4. The number of hydrogen-bond acceptors (Lipinski definition) is 5. The maximum absolute atomic E-state index is 12.4. The highest BCUT2D eigenvalue weighted by Gasteiger charge is 2.24. The highest BCUT2D eigenvalue weighted by molar-refractivity contribution is 9.10. The number of hydrogen-bond donors (Lipinski definition) is 1. The number of carbonyl (C=O) groups excluding carboxylic acids is 1. The fraction of sp³-hybridized carbons (Fsp3) is 0.526. The van der Waals surface area contributed by atoms with Crippen LogP contribution in [-0.4, -0.2) is 39.4 Å². The van der Waals surface area contributed by atoms with Crippen molar-refractivity contribution in [3.05, 3.63) is 33.9 Å². The fourth-order valence-corrected chi connectivity index (χ4v) is 3.70. The molecule has 1 fully saturated rings. The molecule has 1 heterocycles. The van der Waals surface area contributed by atoms with Crippen LogP contribution in [0.15, 0.2) is 28.4 Å². The zero-order valence-electron chi connectivity index (χ0n) is 15.2. The van der Waals surface area contributed by atoms with Crippen LogP contribution in [-0.2, 0) is 14.3 Å². The predicted molar refractivity (Wildman–Crippen MR) is 101 cm³/mol. The van der Waals surface area contributed by atoms with Crippen LogP contribution in [0.3, 0.4) is 0 Å². The van der Waals surface area contributed by atoms with E-state index in [4.69, 9.17) is 14.2 Å². The van der Waals surface area contributed by atoms with Gasteiger partial charge in [0.15, 0.2) is 0 Å². The molecule has 1 aromatic carbocycles. The molecule has 138 valence electrons. The molecule has 1 aliphatic rings. The van der Waals surface area contributed by atoms with E-state index in [-0.39, 0.29) is 12.0 Å². The Bertz CT molecular complexity index is 638. The van der Waals surface area contributed by atoms with Crippen molar-refractivity contribution in [1.82, 2.24) is 5.32 Å². The molecule has 0 amide bonds. The van der Waals surface area contributed by atoms with Crippen molar-refractivity contribution >= 4 is 27.5 Å². The number of allylic oxidation sites excluding steroid dienone is 1. The molecule has 25 heavy (non-hydrogen) atoms. The van der Waals surface area contributed by atoms with Crippen LogP contribution < -0.4 is 10.1 Å². The lowest BCUT2D eigenvalue weighted by Gasteiger charge is -2.30. The number of rotatable bonds is 6. The van der Waals surface area contributed by atoms with Gasteiger partial charge >= 0.3 is 5.97 Å². The summed E-state index contributed by atoms with van der Waals surface area (Å²) in [5.74, 6) is 0.887. The number of nitrogens with one attached hydrogen (secondary N) is 1. The van der Waals surface area contributed by atoms with E-state index < -0.39 is 0 Å². The molecule has 1 aromatic rings. The van der Waals surface area contributed by atoms with Gasteiger partial charge in [-0.15, -0.1) is 0 Å². The zero-order chi connectivity index (χ0) is 18.4. The third-order valence-corrected chi connectivity index (χ3v) is 5.28. The normalized spacial score (nSPS) is 17.5. The van der Waals surface area contributed by atoms with Crippen LogP contribution in [0.5, 0.6) is 5.75 Å². The minimum atomic E-state index is -0.366. The molecule has 0 radical (unpaired) electrons. The van der Waals surface area contributed by atoms with Crippen molar-refractivity contribution in [1.29, 1.82) is 0 Å². The van der Waals surface area contributed by atoms with E-state index >= 15 is 0 Å². The van der Waals surface area contributed by atoms with Crippen LogP contribution in [0.1, 0.15) is 32.3 Å². The van der Waals surface area contributed by atoms with Crippen molar-refractivity contribution in [3.8, 4) is 5.75 Å². The molecule has 0 spiro atoms. The first-order chi connectivity index (χ1) is 12.0. The summed E-state index contributed by atoms with van der Waals surface area (Å²) in [5.41, 5.74) is 2.10. The monoisotopic (exact) mass is 411 g/mol. The Morgan fingerprint density at radius 3 is 2.56 bits per heavy atom. The largest absolute Gasteiger partial charge is 0.497 e. The lowest BCUT2D eigenvalue weighted by atomic mass is 9.92. The van der Waals surface area contributed by atoms with E-state index in [1.165, 1.54) is 7.11 Å². The molecule has 6 heteroatoms. The minimum Gasteiger partial charge on any atom is -0.497 e. The fourth-order valence-electron chi connectivity index (χ4n) is 3.14. The molecule has 1 aliphatic heterocycles. The van der Waals surface area contributed by atoms with Gasteiger partial charge < -0.3 is 19.5 Å². The standard InChI is InChI=1S/C19H26BrNO4/c1-12(14-7-9-25-10-8-14)21-13(2)18(19(22)24-4)16-6-5-15(23-3)11-17(16)20/h5-6,11-12,14,21H,7-10H2,1-4H3/b18-13-. The Balaban J connectivity index is 2.31. The summed E-state index contributed by atoms with van der Waals surface area (Å²) in [7, 11) is 3.01. The molecule has 0 aromatic heterocycles. The van der Waals surface area contributed by atoms with E-state index in [0.717, 1.165) is 47.5 Å². The van der Waals surface area contributed by atoms with E-state index in [1.54, 1.807) is 7.11 Å². The van der Waals surface area contributed by atoms with Gasteiger partial charge in [0.2, 0.25) is 0 Å². The molecular weight excluding hydrogens is 386 g/mol. The van der Waals surface area contributed by atoms with Gasteiger partial charge in [0.05, 0.1) is 19.8 Å². The van der Waals surface area contributed by atoms with E-state index in [9.17, 15) is 4.79 Å². The quantitative estimate of drug-likeness (QED) is 0.570. The van der Waals surface area contributed by atoms with Crippen molar-refractivity contribution in [2.75, 3.05) is 27.4 Å². The number of halogens is 1. The molecule has 1 atom stereocenters. The van der Waals surface area contributed by atoms with Gasteiger partial charge in [-0.3, -0.25) is 0 Å². The van der Waals surface area contributed by atoms with Crippen LogP contribution >= 0.6 is 15.9 Å². The van der Waals surface area contributed by atoms with Crippen LogP contribution in [0.25, 0.3) is 5.57 Å². The second kappa shape index (κ2) is 9.25. The average molecular weight is 412 g/mol. The molecule has 0 saturated carbocycles. The molecule has 2 rings (SSSR count). The first-order valence-electron chi connectivity index (χ1n) is 8.45. The zero-order valence-corrected chi connectivity index (χ0v) is 16.8.